The molecule has 0 N–H and O–H groups in total. The van der Waals surface area contributed by atoms with Gasteiger partial charge in [-0.15, -0.1) is 6.58 Å². The van der Waals surface area contributed by atoms with Gasteiger partial charge < -0.3 is 9.47 Å². The van der Waals surface area contributed by atoms with Crippen molar-refractivity contribution in [3.8, 4) is 17.6 Å². The fourth-order valence-electron chi connectivity index (χ4n) is 2.81. The zero-order valence-corrected chi connectivity index (χ0v) is 17.6. The fourth-order valence-corrected chi connectivity index (χ4v) is 3.93. The molecule has 0 atom stereocenters. The molecule has 1 heterocycles. The largest absolute Gasteiger partial charge is 0.493 e. The Morgan fingerprint density at radius 2 is 2.07 bits per heavy atom. The van der Waals surface area contributed by atoms with Crippen LogP contribution >= 0.6 is 23.4 Å². The van der Waals surface area contributed by atoms with Gasteiger partial charge in [-0.2, -0.15) is 5.26 Å². The third-order valence-corrected chi connectivity index (χ3v) is 5.43. The number of hydrogen-bond acceptors (Lipinski definition) is 6. The van der Waals surface area contributed by atoms with Crippen LogP contribution in [0.3, 0.4) is 0 Å². The van der Waals surface area contributed by atoms with E-state index in [1.54, 1.807) is 36.4 Å². The van der Waals surface area contributed by atoms with Crippen molar-refractivity contribution in [3.63, 3.8) is 0 Å². The second kappa shape index (κ2) is 9.53. The van der Waals surface area contributed by atoms with Crippen molar-refractivity contribution < 1.29 is 19.1 Å². The van der Waals surface area contributed by atoms with E-state index in [1.165, 1.54) is 13.2 Å². The van der Waals surface area contributed by atoms with E-state index in [0.717, 1.165) is 22.2 Å². The second-order valence-electron chi connectivity index (χ2n) is 6.17. The minimum atomic E-state index is -0.381. The van der Waals surface area contributed by atoms with Gasteiger partial charge in [-0.3, -0.25) is 14.5 Å². The first-order chi connectivity index (χ1) is 14.5. The molecule has 0 aromatic heterocycles. The zero-order valence-electron chi connectivity index (χ0n) is 16.1. The first-order valence-corrected chi connectivity index (χ1v) is 10.0. The number of amides is 2. The lowest BCUT2D eigenvalue weighted by molar-refractivity contribution is -0.122. The van der Waals surface area contributed by atoms with E-state index in [1.807, 2.05) is 6.07 Å². The summed E-state index contributed by atoms with van der Waals surface area (Å²) in [6.45, 7) is 3.85. The lowest BCUT2D eigenvalue weighted by Gasteiger charge is -2.14. The topological polar surface area (TPSA) is 79.6 Å². The van der Waals surface area contributed by atoms with Crippen molar-refractivity contribution in [2.75, 3.05) is 13.7 Å². The zero-order chi connectivity index (χ0) is 21.7. The summed E-state index contributed by atoms with van der Waals surface area (Å²) < 4.78 is 11.2. The molecule has 30 heavy (non-hydrogen) atoms. The van der Waals surface area contributed by atoms with Crippen molar-refractivity contribution in [2.24, 2.45) is 0 Å². The molecule has 1 aliphatic rings. The van der Waals surface area contributed by atoms with E-state index in [4.69, 9.17) is 21.1 Å². The molecule has 2 aromatic carbocycles. The van der Waals surface area contributed by atoms with Crippen LogP contribution in [0.4, 0.5) is 4.79 Å². The van der Waals surface area contributed by atoms with Gasteiger partial charge in [0.15, 0.2) is 11.5 Å². The summed E-state index contributed by atoms with van der Waals surface area (Å²) >= 11 is 7.26. The number of nitrogens with zero attached hydrogens (tertiary/aromatic N) is 2. The highest BCUT2D eigenvalue weighted by molar-refractivity contribution is 8.18. The molecule has 0 spiro atoms. The maximum Gasteiger partial charge on any atom is 0.293 e. The Balaban J connectivity index is 1.86. The standard InChI is InChI=1S/C22H17ClN2O4S/c1-3-8-25-21(26)19(30-22(25)27)11-14-9-17(23)20(18(10-14)28-2)29-13-16-7-5-4-6-15(16)12-24/h3-7,9-11H,1,8,13H2,2H3/b19-11+. The first kappa shape index (κ1) is 21.5. The maximum atomic E-state index is 12.4. The van der Waals surface area contributed by atoms with Gasteiger partial charge in [0.1, 0.15) is 6.61 Å². The predicted molar refractivity (Wildman–Crippen MR) is 116 cm³/mol. The van der Waals surface area contributed by atoms with Crippen molar-refractivity contribution in [1.29, 1.82) is 5.26 Å². The molecule has 0 radical (unpaired) electrons. The number of ether oxygens (including phenoxy) is 2. The molecule has 8 heteroatoms. The van der Waals surface area contributed by atoms with Crippen LogP contribution < -0.4 is 9.47 Å². The van der Waals surface area contributed by atoms with Crippen LogP contribution in [0.25, 0.3) is 6.08 Å². The summed E-state index contributed by atoms with van der Waals surface area (Å²) in [6.07, 6.45) is 3.08. The van der Waals surface area contributed by atoms with Crippen LogP contribution in [0.5, 0.6) is 11.5 Å². The summed E-state index contributed by atoms with van der Waals surface area (Å²) in [7, 11) is 1.48. The van der Waals surface area contributed by atoms with Crippen LogP contribution in [-0.4, -0.2) is 29.7 Å². The van der Waals surface area contributed by atoms with Crippen molar-refractivity contribution in [1.82, 2.24) is 4.90 Å². The van der Waals surface area contributed by atoms with E-state index in [9.17, 15) is 14.9 Å². The van der Waals surface area contributed by atoms with Gasteiger partial charge >= 0.3 is 0 Å². The highest BCUT2D eigenvalue weighted by Gasteiger charge is 2.34. The number of halogens is 1. The SMILES string of the molecule is C=CCN1C(=O)S/C(=C/c2cc(Cl)c(OCc3ccccc3C#N)c(OC)c2)C1=O. The number of nitriles is 1. The summed E-state index contributed by atoms with van der Waals surface area (Å²) in [5, 5.41) is 9.14. The lowest BCUT2D eigenvalue weighted by Crippen LogP contribution is -2.27. The highest BCUT2D eigenvalue weighted by atomic mass is 35.5. The van der Waals surface area contributed by atoms with Crippen LogP contribution in [0.1, 0.15) is 16.7 Å². The molecule has 6 nitrogen and oxygen atoms in total. The Hall–Kier alpha value is -3.21. The fraction of sp³-hybridized carbons (Fsp3) is 0.136. The van der Waals surface area contributed by atoms with E-state index in [-0.39, 0.29) is 34.2 Å². The number of hydrogen-bond donors (Lipinski definition) is 0. The molecular formula is C22H17ClN2O4S. The molecule has 0 saturated carbocycles. The number of carbonyl (C=O) groups excluding carboxylic acids is 2. The normalized spacial score (nSPS) is 14.7. The number of benzene rings is 2. The summed E-state index contributed by atoms with van der Waals surface area (Å²) in [5.74, 6) is 0.311. The first-order valence-electron chi connectivity index (χ1n) is 8.83. The molecule has 1 fully saturated rings. The third kappa shape index (κ3) is 4.51. The molecule has 0 unspecified atom stereocenters. The molecule has 1 saturated heterocycles. The minimum Gasteiger partial charge on any atom is -0.493 e. The van der Waals surface area contributed by atoms with Gasteiger partial charge in [0.25, 0.3) is 11.1 Å². The van der Waals surface area contributed by atoms with Crippen molar-refractivity contribution >= 4 is 40.6 Å². The number of thioether (sulfide) groups is 1. The van der Waals surface area contributed by atoms with Crippen molar-refractivity contribution in [2.45, 2.75) is 6.61 Å². The molecule has 3 rings (SSSR count). The molecule has 2 aromatic rings. The molecule has 2 amide bonds. The third-order valence-electron chi connectivity index (χ3n) is 4.24. The molecule has 0 aliphatic carbocycles. The summed E-state index contributed by atoms with van der Waals surface area (Å²) in [6, 6.07) is 12.5. The average molecular weight is 441 g/mol. The average Bonchev–Trinajstić information content (AvgIpc) is 3.00. The summed E-state index contributed by atoms with van der Waals surface area (Å²) in [5.41, 5.74) is 1.82. The Morgan fingerprint density at radius 1 is 1.30 bits per heavy atom. The van der Waals surface area contributed by atoms with Gasteiger partial charge in [0.2, 0.25) is 0 Å². The van der Waals surface area contributed by atoms with Gasteiger partial charge in [-0.1, -0.05) is 35.9 Å². The monoisotopic (exact) mass is 440 g/mol. The van der Waals surface area contributed by atoms with Crippen molar-refractivity contribution in [3.05, 3.63) is 75.7 Å². The Bertz CT molecular complexity index is 1090. The molecule has 0 bridgehead atoms. The number of imide groups is 1. The number of rotatable bonds is 7. The van der Waals surface area contributed by atoms with Gasteiger partial charge in [0.05, 0.1) is 28.7 Å². The van der Waals surface area contributed by atoms with Gasteiger partial charge in [-0.25, -0.2) is 0 Å². The summed E-state index contributed by atoms with van der Waals surface area (Å²) in [4.78, 5) is 25.8. The molecule has 1 aliphatic heterocycles. The van der Waals surface area contributed by atoms with E-state index in [2.05, 4.69) is 12.6 Å². The number of carbonyl (C=O) groups is 2. The second-order valence-corrected chi connectivity index (χ2v) is 7.57. The highest BCUT2D eigenvalue weighted by Crippen LogP contribution is 2.39. The van der Waals surface area contributed by atoms with Gasteiger partial charge in [-0.05, 0) is 41.6 Å². The maximum absolute atomic E-state index is 12.4. The van der Waals surface area contributed by atoms with Crippen LogP contribution in [0.2, 0.25) is 5.02 Å². The minimum absolute atomic E-state index is 0.138. The van der Waals surface area contributed by atoms with E-state index in [0.29, 0.717) is 22.6 Å². The number of methoxy groups -OCH3 is 1. The molecular weight excluding hydrogens is 424 g/mol. The predicted octanol–water partition coefficient (Wildman–Crippen LogP) is 5.02. The lowest BCUT2D eigenvalue weighted by atomic mass is 10.1. The van der Waals surface area contributed by atoms with Crippen LogP contribution in [-0.2, 0) is 11.4 Å². The molecule has 152 valence electrons. The smallest absolute Gasteiger partial charge is 0.293 e. The van der Waals surface area contributed by atoms with Crippen LogP contribution in [0.15, 0.2) is 54.0 Å². The van der Waals surface area contributed by atoms with E-state index < -0.39 is 0 Å². The Labute approximate surface area is 183 Å². The van der Waals surface area contributed by atoms with Gasteiger partial charge in [0, 0.05) is 12.1 Å². The van der Waals surface area contributed by atoms with E-state index >= 15 is 0 Å². The van der Waals surface area contributed by atoms with Crippen LogP contribution in [0, 0.1) is 11.3 Å². The quantitative estimate of drug-likeness (QED) is 0.444. The Kier molecular flexibility index (Phi) is 6.83. The Morgan fingerprint density at radius 3 is 2.77 bits per heavy atom.